The summed E-state index contributed by atoms with van der Waals surface area (Å²) in [6.45, 7) is 5.09. The molecule has 0 aliphatic heterocycles. The number of nitrogens with zero attached hydrogens (tertiary/aromatic N) is 3. The largest absolute Gasteiger partial charge is 0.313 e. The van der Waals surface area contributed by atoms with Gasteiger partial charge >= 0.3 is 10.1 Å². The lowest BCUT2D eigenvalue weighted by Crippen LogP contribution is -2.31. The van der Waals surface area contributed by atoms with Crippen molar-refractivity contribution in [2.24, 2.45) is 0 Å². The van der Waals surface area contributed by atoms with E-state index in [1.165, 1.54) is 12.3 Å². The number of rotatable bonds is 5. The zero-order valence-electron chi connectivity index (χ0n) is 13.4. The predicted octanol–water partition coefficient (Wildman–Crippen LogP) is 1.92. The van der Waals surface area contributed by atoms with Gasteiger partial charge in [0.2, 0.25) is 11.8 Å². The van der Waals surface area contributed by atoms with Crippen LogP contribution in [0.1, 0.15) is 26.3 Å². The normalized spacial score (nSPS) is 13.4. The van der Waals surface area contributed by atoms with Crippen LogP contribution < -0.4 is 0 Å². The van der Waals surface area contributed by atoms with Crippen LogP contribution in [0.4, 0.5) is 0 Å². The van der Waals surface area contributed by atoms with Crippen LogP contribution in [0.2, 0.25) is 0 Å². The first-order valence-electron chi connectivity index (χ1n) is 6.79. The summed E-state index contributed by atoms with van der Waals surface area (Å²) in [5.41, 5.74) is -0.588. The zero-order valence-corrected chi connectivity index (χ0v) is 15.1. The molecule has 25 heavy (non-hydrogen) atoms. The molecule has 2 rings (SSSR count). The van der Waals surface area contributed by atoms with Crippen LogP contribution in [0.5, 0.6) is 0 Å². The molecule has 10 nitrogen and oxygen atoms in total. The Kier molecular flexibility index (Phi) is 5.61. The van der Waals surface area contributed by atoms with E-state index in [2.05, 4.69) is 19.3 Å². The fourth-order valence-corrected chi connectivity index (χ4v) is 3.03. The molecule has 0 saturated heterocycles. The Labute approximate surface area is 147 Å². The topological polar surface area (TPSA) is 142 Å². The minimum atomic E-state index is -4.74. The van der Waals surface area contributed by atoms with Crippen LogP contribution in [0, 0.1) is 0 Å². The first-order chi connectivity index (χ1) is 11.6. The Hall–Kier alpha value is -1.83. The van der Waals surface area contributed by atoms with E-state index in [1.54, 1.807) is 26.8 Å². The van der Waals surface area contributed by atoms with Gasteiger partial charge in [0.1, 0.15) is 5.52 Å². The van der Waals surface area contributed by atoms with Gasteiger partial charge in [0, 0.05) is 32.4 Å². The molecular formula is C13H16N3O7S2+. The third-order valence-electron chi connectivity index (χ3n) is 3.06. The highest BCUT2D eigenvalue weighted by Gasteiger charge is 2.29. The predicted molar refractivity (Wildman–Crippen MR) is 87.0 cm³/mol. The Bertz CT molecular complexity index is 923. The number of hydroxylamine groups is 1. The summed E-state index contributed by atoms with van der Waals surface area (Å²) < 4.78 is 38.2. The minimum absolute atomic E-state index is 0.0581. The lowest BCUT2D eigenvalue weighted by Gasteiger charge is -2.12. The molecule has 0 aliphatic rings. The molecule has 0 aliphatic carbocycles. The van der Waals surface area contributed by atoms with Gasteiger partial charge in [-0.05, 0) is 10.8 Å². The summed E-state index contributed by atoms with van der Waals surface area (Å²) in [6.07, 6.45) is 2.57. The molecule has 0 saturated carbocycles. The second-order valence-corrected chi connectivity index (χ2v) is 7.91. The molecule has 136 valence electrons. The van der Waals surface area contributed by atoms with Gasteiger partial charge in [-0.2, -0.15) is 8.42 Å². The van der Waals surface area contributed by atoms with E-state index in [9.17, 15) is 18.2 Å². The van der Waals surface area contributed by atoms with Gasteiger partial charge < -0.3 is 0 Å². The Morgan fingerprint density at radius 1 is 1.36 bits per heavy atom. The van der Waals surface area contributed by atoms with Crippen molar-refractivity contribution in [2.75, 3.05) is 0 Å². The Balaban J connectivity index is 2.88. The molecule has 0 atom stereocenters. The molecule has 0 radical (unpaired) electrons. The van der Waals surface area contributed by atoms with Crippen LogP contribution >= 0.6 is 12.0 Å². The van der Waals surface area contributed by atoms with E-state index >= 15 is 0 Å². The average molecular weight is 390 g/mol. The lowest BCUT2D eigenvalue weighted by molar-refractivity contribution is -0.816. The van der Waals surface area contributed by atoms with Crippen LogP contribution in [0.25, 0.3) is 10.9 Å². The Morgan fingerprint density at radius 3 is 2.60 bits per heavy atom. The summed E-state index contributed by atoms with van der Waals surface area (Å²) in [6, 6.07) is 3.08. The van der Waals surface area contributed by atoms with E-state index in [-0.39, 0.29) is 21.5 Å². The maximum atomic E-state index is 11.8. The summed E-state index contributed by atoms with van der Waals surface area (Å²) >= 11 is 0.402. The van der Waals surface area contributed by atoms with Crippen molar-refractivity contribution in [3.05, 3.63) is 23.9 Å². The Morgan fingerprint density at radius 2 is 2.04 bits per heavy atom. The van der Waals surface area contributed by atoms with Gasteiger partial charge in [-0.25, -0.2) is 10.2 Å². The summed E-state index contributed by atoms with van der Waals surface area (Å²) in [5.74, 6) is 0. The standard InChI is InChI=1S/C13H15N3O7S2/c1-13(2,3)16(17)7-9-8-5-4-6-14-10(8)11(24-23-22-18)15-12(9)25(19,20)21/h4-7H,1-3H3,(H2-,17,18,19,20,21)/p+1. The quantitative estimate of drug-likeness (QED) is 0.132. The highest BCUT2D eigenvalue weighted by Crippen LogP contribution is 2.30. The lowest BCUT2D eigenvalue weighted by atomic mass is 10.1. The van der Waals surface area contributed by atoms with Crippen molar-refractivity contribution in [1.29, 1.82) is 0 Å². The smallest absolute Gasteiger partial charge is 0.290 e. The van der Waals surface area contributed by atoms with Gasteiger partial charge in [0.15, 0.2) is 10.1 Å². The number of hydrogen-bond acceptors (Lipinski definition) is 9. The van der Waals surface area contributed by atoms with Crippen molar-refractivity contribution in [1.82, 2.24) is 9.97 Å². The van der Waals surface area contributed by atoms with Crippen molar-refractivity contribution >= 4 is 39.3 Å². The van der Waals surface area contributed by atoms with Crippen LogP contribution in [0.3, 0.4) is 0 Å². The molecule has 2 aromatic rings. The van der Waals surface area contributed by atoms with E-state index in [0.717, 1.165) is 11.0 Å². The van der Waals surface area contributed by atoms with Gasteiger partial charge in [-0.15, -0.1) is 4.33 Å². The highest BCUT2D eigenvalue weighted by atomic mass is 32.2. The highest BCUT2D eigenvalue weighted by molar-refractivity contribution is 7.94. The fourth-order valence-electron chi connectivity index (χ4n) is 1.86. The van der Waals surface area contributed by atoms with E-state index in [0.29, 0.717) is 12.0 Å². The maximum absolute atomic E-state index is 11.8. The van der Waals surface area contributed by atoms with Crippen molar-refractivity contribution in [3.8, 4) is 0 Å². The van der Waals surface area contributed by atoms with Gasteiger partial charge in [-0.3, -0.25) is 14.7 Å². The molecule has 0 bridgehead atoms. The molecule has 0 unspecified atom stereocenters. The van der Waals surface area contributed by atoms with Crippen molar-refractivity contribution in [3.63, 3.8) is 0 Å². The van der Waals surface area contributed by atoms with E-state index < -0.39 is 20.7 Å². The molecule has 0 aromatic carbocycles. The average Bonchev–Trinajstić information content (AvgIpc) is 2.51. The van der Waals surface area contributed by atoms with E-state index in [1.807, 2.05) is 0 Å². The van der Waals surface area contributed by atoms with Crippen LogP contribution in [-0.4, -0.2) is 49.9 Å². The van der Waals surface area contributed by atoms with Crippen LogP contribution in [-0.2, 0) is 19.5 Å². The van der Waals surface area contributed by atoms with Crippen molar-refractivity contribution in [2.45, 2.75) is 36.4 Å². The monoisotopic (exact) mass is 390 g/mol. The second-order valence-electron chi connectivity index (χ2n) is 5.88. The zero-order chi connectivity index (χ0) is 18.8. The molecular weight excluding hydrogens is 374 g/mol. The number of pyridine rings is 2. The number of fused-ring (bicyclic) bond motifs is 1. The first-order valence-corrected chi connectivity index (χ1v) is 8.98. The summed E-state index contributed by atoms with van der Waals surface area (Å²) in [5, 5.41) is 21.4. The maximum Gasteiger partial charge on any atom is 0.313 e. The van der Waals surface area contributed by atoms with Gasteiger partial charge in [0.05, 0.1) is 17.6 Å². The van der Waals surface area contributed by atoms with E-state index in [4.69, 9.17) is 5.26 Å². The molecule has 3 N–H and O–H groups in total. The van der Waals surface area contributed by atoms with Crippen molar-refractivity contribution < 1.29 is 37.5 Å². The fraction of sp³-hybridized carbons (Fsp3) is 0.308. The molecule has 2 heterocycles. The molecule has 0 amide bonds. The number of hydrogen-bond donors (Lipinski definition) is 3. The van der Waals surface area contributed by atoms with Gasteiger partial charge in [-0.1, -0.05) is 11.1 Å². The molecule has 2 aromatic heterocycles. The van der Waals surface area contributed by atoms with Crippen LogP contribution in [0.15, 0.2) is 28.4 Å². The third kappa shape index (κ3) is 4.42. The molecule has 0 spiro atoms. The van der Waals surface area contributed by atoms with Gasteiger partial charge in [0.25, 0.3) is 0 Å². The second kappa shape index (κ2) is 7.19. The molecule has 0 fully saturated rings. The summed E-state index contributed by atoms with van der Waals surface area (Å²) in [4.78, 5) is 7.91. The SMILES string of the molecule is CC(C)(C)[N+](O)=Cc1c(S(=O)(=O)O)nc(SOOO)c2ncccc12. The number of aromatic nitrogens is 2. The first kappa shape index (κ1) is 19.5. The summed E-state index contributed by atoms with van der Waals surface area (Å²) in [7, 11) is -4.74. The third-order valence-corrected chi connectivity index (χ3v) is 4.43. The minimum Gasteiger partial charge on any atom is -0.290 e. The molecule has 12 heteroatoms.